The van der Waals surface area contributed by atoms with Crippen LogP contribution in [0.3, 0.4) is 0 Å². The molecule has 0 saturated heterocycles. The average Bonchev–Trinajstić information content (AvgIpc) is 3.34. The van der Waals surface area contributed by atoms with Crippen molar-refractivity contribution in [1.82, 2.24) is 9.88 Å². The topological polar surface area (TPSA) is 149 Å². The van der Waals surface area contributed by atoms with Crippen LogP contribution >= 0.6 is 0 Å². The second-order valence-corrected chi connectivity index (χ2v) is 12.1. The second-order valence-electron chi connectivity index (χ2n) is 10.2. The lowest BCUT2D eigenvalue weighted by Gasteiger charge is -2.25. The van der Waals surface area contributed by atoms with Crippen molar-refractivity contribution in [1.29, 1.82) is 0 Å². The van der Waals surface area contributed by atoms with Gasteiger partial charge in [-0.3, -0.25) is 19.2 Å². The van der Waals surface area contributed by atoms with Crippen LogP contribution < -0.4 is 4.31 Å². The van der Waals surface area contributed by atoms with Crippen molar-refractivity contribution < 1.29 is 23.2 Å². The van der Waals surface area contributed by atoms with Crippen LogP contribution in [0.25, 0.3) is 10.9 Å². The highest BCUT2D eigenvalue weighted by Gasteiger charge is 2.27. The van der Waals surface area contributed by atoms with Crippen LogP contribution in [0.2, 0.25) is 0 Å². The van der Waals surface area contributed by atoms with Crippen LogP contribution in [-0.2, 0) is 20.6 Å². The van der Waals surface area contributed by atoms with Gasteiger partial charge in [0.2, 0.25) is 15.9 Å². The molecule has 11 nitrogen and oxygen atoms in total. The molecule has 0 radical (unpaired) electrons. The minimum atomic E-state index is -3.95. The molecular formula is C32H29N5O6S. The highest BCUT2D eigenvalue weighted by Crippen LogP contribution is 2.34. The van der Waals surface area contributed by atoms with Crippen LogP contribution in [0.1, 0.15) is 16.7 Å². The number of likely N-dealkylation sites (N-methyl/N-ethyl adjacent to an activating group) is 1. The summed E-state index contributed by atoms with van der Waals surface area (Å²) in [5, 5.41) is 22.8. The fraction of sp³-hybridized carbons (Fsp3) is 0.125. The molecule has 0 saturated carbocycles. The van der Waals surface area contributed by atoms with Crippen LogP contribution in [-0.4, -0.2) is 60.6 Å². The highest BCUT2D eigenvalue weighted by atomic mass is 32.2. The number of fused-ring (bicyclic) bond motifs is 1. The van der Waals surface area contributed by atoms with Crippen LogP contribution in [0.4, 0.5) is 17.1 Å². The molecule has 1 heterocycles. The van der Waals surface area contributed by atoms with Crippen molar-refractivity contribution in [2.75, 3.05) is 24.9 Å². The number of nitrogens with zero attached hydrogens (tertiary/aromatic N) is 4. The Labute approximate surface area is 253 Å². The predicted octanol–water partition coefficient (Wildman–Crippen LogP) is 5.38. The summed E-state index contributed by atoms with van der Waals surface area (Å²) >= 11 is 0. The first-order chi connectivity index (χ1) is 21.0. The number of hydrogen-bond acceptors (Lipinski definition) is 7. The van der Waals surface area contributed by atoms with Crippen LogP contribution in [0.15, 0.2) is 108 Å². The van der Waals surface area contributed by atoms with E-state index in [1.54, 1.807) is 93.0 Å². The zero-order valence-electron chi connectivity index (χ0n) is 23.9. The average molecular weight is 612 g/mol. The van der Waals surface area contributed by atoms with Gasteiger partial charge in [0.15, 0.2) is 5.88 Å². The van der Waals surface area contributed by atoms with Gasteiger partial charge in [0.05, 0.1) is 33.3 Å². The van der Waals surface area contributed by atoms with Gasteiger partial charge in [0.25, 0.3) is 5.69 Å². The summed E-state index contributed by atoms with van der Waals surface area (Å²) in [6, 6.07) is 28.3. The number of carbonyl (C=O) groups is 1. The maximum absolute atomic E-state index is 13.5. The van der Waals surface area contributed by atoms with E-state index in [0.717, 1.165) is 4.31 Å². The first-order valence-corrected chi connectivity index (χ1v) is 15.1. The largest absolute Gasteiger partial charge is 0.494 e. The summed E-state index contributed by atoms with van der Waals surface area (Å²) in [6.07, 6.45) is 0. The number of non-ortho nitro benzene ring substituents is 1. The molecule has 44 heavy (non-hydrogen) atoms. The van der Waals surface area contributed by atoms with Gasteiger partial charge in [0.1, 0.15) is 6.54 Å². The van der Waals surface area contributed by atoms with Crippen molar-refractivity contribution in [3.05, 3.63) is 130 Å². The molecule has 224 valence electrons. The van der Waals surface area contributed by atoms with E-state index < -0.39 is 14.9 Å². The first kappa shape index (κ1) is 30.0. The van der Waals surface area contributed by atoms with Crippen molar-refractivity contribution in [3.63, 3.8) is 0 Å². The van der Waals surface area contributed by atoms with Crippen molar-refractivity contribution in [2.24, 2.45) is 4.99 Å². The number of amides is 1. The Morgan fingerprint density at radius 2 is 1.57 bits per heavy atom. The van der Waals surface area contributed by atoms with Crippen LogP contribution in [0.5, 0.6) is 5.88 Å². The summed E-state index contributed by atoms with van der Waals surface area (Å²) in [6.45, 7) is -0.387. The smallest absolute Gasteiger partial charge is 0.270 e. The summed E-state index contributed by atoms with van der Waals surface area (Å²) in [7, 11) is -0.840. The number of rotatable bonds is 10. The van der Waals surface area contributed by atoms with E-state index in [2.05, 4.69) is 4.98 Å². The maximum Gasteiger partial charge on any atom is 0.270 e. The number of benzene rings is 4. The third-order valence-corrected chi connectivity index (χ3v) is 8.65. The normalized spacial score (nSPS) is 11.8. The van der Waals surface area contributed by atoms with E-state index in [4.69, 9.17) is 4.99 Å². The monoisotopic (exact) mass is 611 g/mol. The molecule has 2 N–H and O–H groups in total. The molecule has 0 atom stereocenters. The lowest BCUT2D eigenvalue weighted by atomic mass is 10.0. The van der Waals surface area contributed by atoms with Gasteiger partial charge in [0, 0.05) is 42.7 Å². The number of aliphatic imine (C=N–C) groups is 1. The number of hydrogen-bond donors (Lipinski definition) is 2. The molecule has 0 bridgehead atoms. The van der Waals surface area contributed by atoms with Crippen LogP contribution in [0, 0.1) is 10.1 Å². The minimum Gasteiger partial charge on any atom is -0.494 e. The lowest BCUT2D eigenvalue weighted by Crippen LogP contribution is -2.41. The van der Waals surface area contributed by atoms with Gasteiger partial charge < -0.3 is 15.0 Å². The number of sulfonamides is 1. The van der Waals surface area contributed by atoms with E-state index in [0.29, 0.717) is 33.4 Å². The number of anilines is 1. The van der Waals surface area contributed by atoms with Gasteiger partial charge in [-0.2, -0.15) is 0 Å². The number of nitrogens with one attached hydrogen (secondary N) is 1. The minimum absolute atomic E-state index is 0.140. The molecule has 0 aliphatic heterocycles. The molecular weight excluding hydrogens is 582 g/mol. The third-order valence-electron chi connectivity index (χ3n) is 6.94. The number of aromatic amines is 1. The fourth-order valence-corrected chi connectivity index (χ4v) is 6.20. The Morgan fingerprint density at radius 1 is 0.932 bits per heavy atom. The first-order valence-electron chi connectivity index (χ1n) is 13.5. The van der Waals surface area contributed by atoms with Gasteiger partial charge in [-0.15, -0.1) is 0 Å². The molecule has 0 fully saturated rings. The molecule has 4 aromatic carbocycles. The molecule has 5 aromatic rings. The van der Waals surface area contributed by atoms with E-state index in [-0.39, 0.29) is 41.0 Å². The highest BCUT2D eigenvalue weighted by molar-refractivity contribution is 7.92. The Hall–Kier alpha value is -5.49. The van der Waals surface area contributed by atoms with Gasteiger partial charge in [-0.25, -0.2) is 13.4 Å². The van der Waals surface area contributed by atoms with Crippen molar-refractivity contribution in [3.8, 4) is 5.88 Å². The predicted molar refractivity (Wildman–Crippen MR) is 170 cm³/mol. The number of nitro groups is 1. The molecule has 1 aromatic heterocycles. The maximum atomic E-state index is 13.5. The second kappa shape index (κ2) is 12.4. The number of carbonyl (C=O) groups excluding carboxylic acids is 1. The fourth-order valence-electron chi connectivity index (χ4n) is 4.68. The van der Waals surface area contributed by atoms with Gasteiger partial charge in [-0.05, 0) is 35.9 Å². The zero-order chi connectivity index (χ0) is 31.4. The quantitative estimate of drug-likeness (QED) is 0.123. The molecule has 0 aliphatic carbocycles. The molecule has 0 aliphatic rings. The van der Waals surface area contributed by atoms with E-state index in [1.807, 2.05) is 6.07 Å². The van der Waals surface area contributed by atoms with Crippen molar-refractivity contribution >= 4 is 49.6 Å². The Bertz CT molecular complexity index is 1960. The molecule has 5 rings (SSSR count). The van der Waals surface area contributed by atoms with Gasteiger partial charge in [-0.1, -0.05) is 60.7 Å². The summed E-state index contributed by atoms with van der Waals surface area (Å²) in [4.78, 5) is 32.6. The number of aromatic hydroxyl groups is 1. The zero-order valence-corrected chi connectivity index (χ0v) is 24.7. The Kier molecular flexibility index (Phi) is 8.45. The van der Waals surface area contributed by atoms with E-state index in [1.165, 1.54) is 23.1 Å². The number of nitro benzene ring substituents is 1. The Balaban J connectivity index is 1.58. The van der Waals surface area contributed by atoms with E-state index in [9.17, 15) is 28.4 Å². The van der Waals surface area contributed by atoms with Crippen molar-refractivity contribution in [2.45, 2.75) is 5.75 Å². The summed E-state index contributed by atoms with van der Waals surface area (Å²) in [5.74, 6) is -0.891. The van der Waals surface area contributed by atoms with Gasteiger partial charge >= 0.3 is 0 Å². The molecule has 0 unspecified atom stereocenters. The lowest BCUT2D eigenvalue weighted by molar-refractivity contribution is -0.384. The SMILES string of the molecule is CN(C)C(=O)CN(c1ccc(N=C(c2ccccc2)c2c(O)[nH]c3ccc([N+](=O)[O-])cc23)cc1)S(=O)(=O)Cc1ccccc1. The summed E-state index contributed by atoms with van der Waals surface area (Å²) in [5.41, 5.74) is 2.91. The standard InChI is InChI=1S/C32H29N5O6S/c1-35(2)29(38)20-36(44(42,43)21-22-9-5-3-6-10-22)25-15-13-24(14-16-25)33-31(23-11-7-4-8-12-23)30-27-19-26(37(40)41)17-18-28(27)34-32(30)39/h3-19,34,39H,20-21H2,1-2H3. The molecule has 0 spiro atoms. The number of H-pyrrole nitrogens is 1. The third kappa shape index (κ3) is 6.45. The van der Waals surface area contributed by atoms with E-state index >= 15 is 0 Å². The number of aromatic nitrogens is 1. The molecule has 12 heteroatoms. The molecule has 1 amide bonds. The Morgan fingerprint density at radius 3 is 2.18 bits per heavy atom. The summed E-state index contributed by atoms with van der Waals surface area (Å²) < 4.78 is 28.2.